The molecule has 144 valence electrons. The average Bonchev–Trinajstić information content (AvgIpc) is 2.68. The van der Waals surface area contributed by atoms with E-state index in [-0.39, 0.29) is 24.2 Å². The van der Waals surface area contributed by atoms with Crippen LogP contribution in [-0.2, 0) is 4.74 Å². The molecule has 1 atom stereocenters. The van der Waals surface area contributed by atoms with E-state index in [9.17, 15) is 9.59 Å². The number of carbonyl (C=O) groups is 2. The topological polar surface area (TPSA) is 70.7 Å². The number of carbonyl (C=O) groups excluding carboxylic acids is 2. The van der Waals surface area contributed by atoms with Crippen molar-refractivity contribution >= 4 is 22.9 Å². The Morgan fingerprint density at radius 2 is 1.85 bits per heavy atom. The van der Waals surface area contributed by atoms with Crippen LogP contribution in [0, 0.1) is 0 Å². The molecule has 0 aliphatic carbocycles. The van der Waals surface area contributed by atoms with Crippen LogP contribution in [0.25, 0.3) is 10.8 Å². The number of likely N-dealkylation sites (tertiary alicyclic amines) is 1. The van der Waals surface area contributed by atoms with E-state index < -0.39 is 0 Å². The summed E-state index contributed by atoms with van der Waals surface area (Å²) in [7, 11) is 0. The quantitative estimate of drug-likeness (QED) is 0.861. The summed E-state index contributed by atoms with van der Waals surface area (Å²) in [5, 5.41) is 8.38. The van der Waals surface area contributed by atoms with Crippen LogP contribution in [-0.4, -0.2) is 42.8 Å². The van der Waals surface area contributed by atoms with Gasteiger partial charge in [-0.25, -0.2) is 9.59 Å². The highest BCUT2D eigenvalue weighted by molar-refractivity contribution is 5.86. The molecule has 6 heteroatoms. The predicted octanol–water partition coefficient (Wildman–Crippen LogP) is 3.82. The minimum atomic E-state index is -0.273. The van der Waals surface area contributed by atoms with Crippen LogP contribution in [0.2, 0.25) is 0 Å². The van der Waals surface area contributed by atoms with Crippen molar-refractivity contribution in [3.8, 4) is 0 Å². The Labute approximate surface area is 159 Å². The number of nitrogens with zero attached hydrogens (tertiary/aromatic N) is 1. The molecule has 1 saturated heterocycles. The summed E-state index contributed by atoms with van der Waals surface area (Å²) >= 11 is 0. The minimum absolute atomic E-state index is 0.0652. The largest absolute Gasteiger partial charge is 0.450 e. The Morgan fingerprint density at radius 1 is 1.15 bits per heavy atom. The molecule has 2 N–H and O–H groups in total. The summed E-state index contributed by atoms with van der Waals surface area (Å²) in [4.78, 5) is 25.9. The number of piperidine rings is 1. The summed E-state index contributed by atoms with van der Waals surface area (Å²) in [6.45, 7) is 5.37. The van der Waals surface area contributed by atoms with Gasteiger partial charge in [0, 0.05) is 19.1 Å². The maximum atomic E-state index is 12.4. The first kappa shape index (κ1) is 19.0. The van der Waals surface area contributed by atoms with Gasteiger partial charge in [-0.2, -0.15) is 0 Å². The lowest BCUT2D eigenvalue weighted by atomic mass is 10.00. The van der Waals surface area contributed by atoms with Crippen LogP contribution in [0.15, 0.2) is 42.5 Å². The van der Waals surface area contributed by atoms with Gasteiger partial charge < -0.3 is 20.3 Å². The van der Waals surface area contributed by atoms with Crippen molar-refractivity contribution in [2.24, 2.45) is 0 Å². The SMILES string of the molecule is CCOC(=O)N1CCC(NC(=O)NC(C)c2cccc3ccccc23)CC1. The second kappa shape index (κ2) is 8.75. The van der Waals surface area contributed by atoms with E-state index >= 15 is 0 Å². The van der Waals surface area contributed by atoms with Gasteiger partial charge in [0.2, 0.25) is 0 Å². The minimum Gasteiger partial charge on any atom is -0.450 e. The fourth-order valence-electron chi connectivity index (χ4n) is 3.55. The third-order valence-electron chi connectivity index (χ3n) is 4.99. The normalized spacial score (nSPS) is 16.0. The molecule has 1 aliphatic heterocycles. The van der Waals surface area contributed by atoms with Gasteiger partial charge in [0.05, 0.1) is 12.6 Å². The highest BCUT2D eigenvalue weighted by Crippen LogP contribution is 2.24. The zero-order valence-corrected chi connectivity index (χ0v) is 15.9. The molecule has 0 radical (unpaired) electrons. The predicted molar refractivity (Wildman–Crippen MR) is 106 cm³/mol. The summed E-state index contributed by atoms with van der Waals surface area (Å²) < 4.78 is 5.02. The molecule has 3 amide bonds. The molecular formula is C21H27N3O3. The summed E-state index contributed by atoms with van der Waals surface area (Å²) in [6, 6.07) is 14.1. The van der Waals surface area contributed by atoms with Crippen molar-refractivity contribution in [2.45, 2.75) is 38.8 Å². The molecule has 2 aromatic carbocycles. The zero-order valence-electron chi connectivity index (χ0n) is 15.9. The molecule has 0 bridgehead atoms. The molecule has 27 heavy (non-hydrogen) atoms. The van der Waals surface area contributed by atoms with E-state index in [1.807, 2.05) is 31.2 Å². The number of rotatable bonds is 4. The van der Waals surface area contributed by atoms with Gasteiger partial charge in [0.15, 0.2) is 0 Å². The Balaban J connectivity index is 1.53. The van der Waals surface area contributed by atoms with Crippen LogP contribution in [0.5, 0.6) is 0 Å². The van der Waals surface area contributed by atoms with Gasteiger partial charge in [-0.3, -0.25) is 0 Å². The van der Waals surface area contributed by atoms with Crippen LogP contribution in [0.3, 0.4) is 0 Å². The molecular weight excluding hydrogens is 342 g/mol. The monoisotopic (exact) mass is 369 g/mol. The number of hydrogen-bond acceptors (Lipinski definition) is 3. The zero-order chi connectivity index (χ0) is 19.2. The van der Waals surface area contributed by atoms with Crippen molar-refractivity contribution in [1.82, 2.24) is 15.5 Å². The first-order valence-corrected chi connectivity index (χ1v) is 9.55. The summed E-state index contributed by atoms with van der Waals surface area (Å²) in [6.07, 6.45) is 1.19. The lowest BCUT2D eigenvalue weighted by molar-refractivity contribution is 0.0957. The summed E-state index contributed by atoms with van der Waals surface area (Å²) in [5.41, 5.74) is 1.10. The van der Waals surface area contributed by atoms with Gasteiger partial charge in [-0.1, -0.05) is 42.5 Å². The Bertz CT molecular complexity index is 795. The first-order valence-electron chi connectivity index (χ1n) is 9.55. The third-order valence-corrected chi connectivity index (χ3v) is 4.99. The molecule has 1 aliphatic rings. The van der Waals surface area contributed by atoms with Gasteiger partial charge >= 0.3 is 12.1 Å². The fourth-order valence-corrected chi connectivity index (χ4v) is 3.55. The third kappa shape index (κ3) is 4.70. The molecule has 0 saturated carbocycles. The van der Waals surface area contributed by atoms with E-state index in [4.69, 9.17) is 4.74 Å². The van der Waals surface area contributed by atoms with Crippen LogP contribution < -0.4 is 10.6 Å². The highest BCUT2D eigenvalue weighted by Gasteiger charge is 2.25. The van der Waals surface area contributed by atoms with Crippen molar-refractivity contribution in [3.63, 3.8) is 0 Å². The molecule has 2 aromatic rings. The lowest BCUT2D eigenvalue weighted by Crippen LogP contribution is -2.49. The number of ether oxygens (including phenoxy) is 1. The van der Waals surface area contributed by atoms with E-state index in [0.29, 0.717) is 19.7 Å². The molecule has 0 aromatic heterocycles. The molecule has 0 spiro atoms. The van der Waals surface area contributed by atoms with Crippen molar-refractivity contribution < 1.29 is 14.3 Å². The van der Waals surface area contributed by atoms with E-state index in [2.05, 4.69) is 28.8 Å². The van der Waals surface area contributed by atoms with E-state index in [1.165, 1.54) is 0 Å². The number of benzene rings is 2. The van der Waals surface area contributed by atoms with E-state index in [0.717, 1.165) is 29.2 Å². The van der Waals surface area contributed by atoms with E-state index in [1.54, 1.807) is 11.8 Å². The van der Waals surface area contributed by atoms with Gasteiger partial charge in [-0.15, -0.1) is 0 Å². The molecule has 3 rings (SSSR count). The lowest BCUT2D eigenvalue weighted by Gasteiger charge is -2.31. The fraction of sp³-hybridized carbons (Fsp3) is 0.429. The summed E-state index contributed by atoms with van der Waals surface area (Å²) in [5.74, 6) is 0. The average molecular weight is 369 g/mol. The van der Waals surface area contributed by atoms with Crippen LogP contribution >= 0.6 is 0 Å². The Morgan fingerprint density at radius 3 is 2.59 bits per heavy atom. The first-order chi connectivity index (χ1) is 13.1. The second-order valence-corrected chi connectivity index (χ2v) is 6.87. The number of nitrogens with one attached hydrogen (secondary N) is 2. The van der Waals surface area contributed by atoms with Crippen LogP contribution in [0.1, 0.15) is 38.3 Å². The van der Waals surface area contributed by atoms with Crippen molar-refractivity contribution in [1.29, 1.82) is 0 Å². The standard InChI is InChI=1S/C21H27N3O3/c1-3-27-21(26)24-13-11-17(12-14-24)23-20(25)22-15(2)18-10-6-8-16-7-4-5-9-19(16)18/h4-10,15,17H,3,11-14H2,1-2H3,(H2,22,23,25). The number of amides is 3. The Hall–Kier alpha value is -2.76. The molecule has 1 fully saturated rings. The van der Waals surface area contributed by atoms with Gasteiger partial charge in [-0.05, 0) is 43.0 Å². The van der Waals surface area contributed by atoms with Crippen molar-refractivity contribution in [2.75, 3.05) is 19.7 Å². The van der Waals surface area contributed by atoms with Crippen LogP contribution in [0.4, 0.5) is 9.59 Å². The second-order valence-electron chi connectivity index (χ2n) is 6.87. The highest BCUT2D eigenvalue weighted by atomic mass is 16.6. The molecule has 1 unspecified atom stereocenters. The smallest absolute Gasteiger partial charge is 0.409 e. The van der Waals surface area contributed by atoms with Gasteiger partial charge in [0.1, 0.15) is 0 Å². The maximum Gasteiger partial charge on any atom is 0.409 e. The van der Waals surface area contributed by atoms with Crippen molar-refractivity contribution in [3.05, 3.63) is 48.0 Å². The number of fused-ring (bicyclic) bond motifs is 1. The molecule has 1 heterocycles. The number of hydrogen-bond donors (Lipinski definition) is 2. The molecule has 6 nitrogen and oxygen atoms in total. The maximum absolute atomic E-state index is 12.4. The Kier molecular flexibility index (Phi) is 6.16. The number of urea groups is 1. The van der Waals surface area contributed by atoms with Gasteiger partial charge in [0.25, 0.3) is 0 Å².